The highest BCUT2D eigenvalue weighted by molar-refractivity contribution is 9.10. The molecular formula is C14H8BrF3N2O4. The number of nitro groups is 1. The normalized spacial score (nSPS) is 11.7. The van der Waals surface area contributed by atoms with Gasteiger partial charge in [0.1, 0.15) is 5.75 Å². The summed E-state index contributed by atoms with van der Waals surface area (Å²) in [6, 6.07) is 6.42. The molecule has 24 heavy (non-hydrogen) atoms. The molecule has 0 heterocycles. The van der Waals surface area contributed by atoms with Crippen LogP contribution in [0.5, 0.6) is 11.5 Å². The molecule has 0 aliphatic heterocycles. The maximum atomic E-state index is 12.7. The van der Waals surface area contributed by atoms with Crippen LogP contribution in [-0.2, 0) is 6.18 Å². The summed E-state index contributed by atoms with van der Waals surface area (Å²) in [5, 5.41) is 22.5. The summed E-state index contributed by atoms with van der Waals surface area (Å²) in [6.07, 6.45) is -3.69. The van der Waals surface area contributed by atoms with Crippen molar-refractivity contribution < 1.29 is 28.0 Å². The van der Waals surface area contributed by atoms with E-state index in [2.05, 4.69) is 21.1 Å². The largest absolute Gasteiger partial charge is 0.449 e. The second-order valence-electron chi connectivity index (χ2n) is 4.47. The Morgan fingerprint density at radius 1 is 1.21 bits per heavy atom. The molecule has 2 aromatic rings. The highest BCUT2D eigenvalue weighted by Gasteiger charge is 2.33. The maximum absolute atomic E-state index is 12.7. The van der Waals surface area contributed by atoms with E-state index in [-0.39, 0.29) is 17.1 Å². The average Bonchev–Trinajstić information content (AvgIpc) is 2.49. The summed E-state index contributed by atoms with van der Waals surface area (Å²) >= 11 is 3.19. The van der Waals surface area contributed by atoms with Gasteiger partial charge in [-0.3, -0.25) is 10.1 Å². The van der Waals surface area contributed by atoms with Crippen LogP contribution in [0.4, 0.5) is 18.9 Å². The van der Waals surface area contributed by atoms with Gasteiger partial charge in [-0.1, -0.05) is 21.1 Å². The van der Waals surface area contributed by atoms with Gasteiger partial charge in [0.15, 0.2) is 0 Å². The number of hydrogen-bond acceptors (Lipinski definition) is 5. The van der Waals surface area contributed by atoms with E-state index in [9.17, 15) is 23.3 Å². The van der Waals surface area contributed by atoms with Crippen molar-refractivity contribution in [3.05, 3.63) is 62.1 Å². The lowest BCUT2D eigenvalue weighted by molar-refractivity contribution is -0.385. The lowest BCUT2D eigenvalue weighted by Gasteiger charge is -2.11. The Hall–Kier alpha value is -2.62. The van der Waals surface area contributed by atoms with Crippen molar-refractivity contribution in [1.29, 1.82) is 0 Å². The van der Waals surface area contributed by atoms with E-state index in [1.54, 1.807) is 6.07 Å². The quantitative estimate of drug-likeness (QED) is 0.337. The second-order valence-corrected chi connectivity index (χ2v) is 5.38. The molecule has 0 aliphatic rings. The zero-order chi connectivity index (χ0) is 17.9. The number of nitro benzene ring substituents is 1. The van der Waals surface area contributed by atoms with Crippen LogP contribution in [0.1, 0.15) is 11.1 Å². The van der Waals surface area contributed by atoms with Crippen molar-refractivity contribution in [1.82, 2.24) is 0 Å². The van der Waals surface area contributed by atoms with Crippen molar-refractivity contribution >= 4 is 27.8 Å². The minimum Gasteiger partial charge on any atom is -0.449 e. The molecule has 0 atom stereocenters. The van der Waals surface area contributed by atoms with Crippen LogP contribution in [-0.4, -0.2) is 16.3 Å². The van der Waals surface area contributed by atoms with Gasteiger partial charge in [-0.15, -0.1) is 0 Å². The van der Waals surface area contributed by atoms with Gasteiger partial charge in [-0.25, -0.2) is 0 Å². The molecule has 1 N–H and O–H groups in total. The van der Waals surface area contributed by atoms with Crippen molar-refractivity contribution in [3.8, 4) is 11.5 Å². The maximum Gasteiger partial charge on any atom is 0.416 e. The van der Waals surface area contributed by atoms with Gasteiger partial charge in [0.05, 0.1) is 16.7 Å². The van der Waals surface area contributed by atoms with Crippen LogP contribution >= 0.6 is 15.9 Å². The summed E-state index contributed by atoms with van der Waals surface area (Å²) in [7, 11) is 0. The molecule has 0 unspecified atom stereocenters. The molecule has 0 spiro atoms. The first-order valence-electron chi connectivity index (χ1n) is 6.23. The number of nitrogens with zero attached hydrogens (tertiary/aromatic N) is 2. The summed E-state index contributed by atoms with van der Waals surface area (Å²) in [4.78, 5) is 10.1. The SMILES string of the molecule is O=[N+]([O-])c1cc(C(F)(F)F)ccc1Oc1ccc(Br)cc1/C=N\O. The lowest BCUT2D eigenvalue weighted by Crippen LogP contribution is -2.06. The van der Waals surface area contributed by atoms with E-state index in [4.69, 9.17) is 9.94 Å². The Labute approximate surface area is 141 Å². The molecule has 0 saturated carbocycles. The van der Waals surface area contributed by atoms with Gasteiger partial charge in [0.25, 0.3) is 0 Å². The fraction of sp³-hybridized carbons (Fsp3) is 0.0714. The molecule has 2 aromatic carbocycles. The number of oxime groups is 1. The van der Waals surface area contributed by atoms with Crippen LogP contribution in [0.15, 0.2) is 46.0 Å². The third kappa shape index (κ3) is 4.02. The predicted molar refractivity (Wildman–Crippen MR) is 81.7 cm³/mol. The Bertz CT molecular complexity index is 809. The summed E-state index contributed by atoms with van der Waals surface area (Å²) < 4.78 is 44.0. The zero-order valence-electron chi connectivity index (χ0n) is 11.6. The van der Waals surface area contributed by atoms with E-state index < -0.39 is 22.4 Å². The first-order chi connectivity index (χ1) is 11.2. The first-order valence-corrected chi connectivity index (χ1v) is 7.02. The third-order valence-corrected chi connectivity index (χ3v) is 3.36. The number of alkyl halides is 3. The summed E-state index contributed by atoms with van der Waals surface area (Å²) in [5.41, 5.74) is -1.73. The molecule has 0 bridgehead atoms. The first kappa shape index (κ1) is 17.7. The van der Waals surface area contributed by atoms with E-state index >= 15 is 0 Å². The monoisotopic (exact) mass is 404 g/mol. The molecule has 0 fully saturated rings. The number of rotatable bonds is 4. The highest BCUT2D eigenvalue weighted by atomic mass is 79.9. The fourth-order valence-electron chi connectivity index (χ4n) is 1.82. The lowest BCUT2D eigenvalue weighted by atomic mass is 10.1. The number of halogens is 4. The number of hydrogen-bond donors (Lipinski definition) is 1. The smallest absolute Gasteiger partial charge is 0.416 e. The van der Waals surface area contributed by atoms with Gasteiger partial charge in [-0.05, 0) is 30.3 Å². The Morgan fingerprint density at radius 3 is 2.46 bits per heavy atom. The van der Waals surface area contributed by atoms with Gasteiger partial charge in [-0.2, -0.15) is 13.2 Å². The molecule has 6 nitrogen and oxygen atoms in total. The van der Waals surface area contributed by atoms with E-state index in [1.807, 2.05) is 0 Å². The molecule has 0 saturated heterocycles. The van der Waals surface area contributed by atoms with Gasteiger partial charge >= 0.3 is 11.9 Å². The van der Waals surface area contributed by atoms with Crippen LogP contribution < -0.4 is 4.74 Å². The van der Waals surface area contributed by atoms with Crippen molar-refractivity contribution in [3.63, 3.8) is 0 Å². The van der Waals surface area contributed by atoms with Crippen molar-refractivity contribution in [2.75, 3.05) is 0 Å². The molecule has 2 rings (SSSR count). The van der Waals surface area contributed by atoms with Gasteiger partial charge in [0, 0.05) is 16.1 Å². The number of ether oxygens (including phenoxy) is 1. The van der Waals surface area contributed by atoms with Crippen molar-refractivity contribution in [2.24, 2.45) is 5.16 Å². The third-order valence-electron chi connectivity index (χ3n) is 2.87. The van der Waals surface area contributed by atoms with Crippen LogP contribution in [0.25, 0.3) is 0 Å². The predicted octanol–water partition coefficient (Wildman–Crippen LogP) is 4.98. The minimum absolute atomic E-state index is 0.0684. The Morgan fingerprint density at radius 2 is 1.88 bits per heavy atom. The Balaban J connectivity index is 2.49. The van der Waals surface area contributed by atoms with E-state index in [0.717, 1.165) is 12.3 Å². The van der Waals surface area contributed by atoms with E-state index in [1.165, 1.54) is 12.1 Å². The molecule has 0 aliphatic carbocycles. The van der Waals surface area contributed by atoms with E-state index in [0.29, 0.717) is 16.6 Å². The van der Waals surface area contributed by atoms with Gasteiger partial charge < -0.3 is 9.94 Å². The molecule has 10 heteroatoms. The average molecular weight is 405 g/mol. The minimum atomic E-state index is -4.71. The molecule has 0 amide bonds. The summed E-state index contributed by atoms with van der Waals surface area (Å²) in [6.45, 7) is 0. The summed E-state index contributed by atoms with van der Waals surface area (Å²) in [5.74, 6) is -0.304. The second kappa shape index (κ2) is 6.87. The topological polar surface area (TPSA) is 85.0 Å². The van der Waals surface area contributed by atoms with Gasteiger partial charge in [0.2, 0.25) is 5.75 Å². The zero-order valence-corrected chi connectivity index (χ0v) is 13.2. The Kier molecular flexibility index (Phi) is 5.07. The molecular weight excluding hydrogens is 397 g/mol. The molecule has 0 radical (unpaired) electrons. The highest BCUT2D eigenvalue weighted by Crippen LogP contribution is 2.38. The van der Waals surface area contributed by atoms with Crippen molar-refractivity contribution in [2.45, 2.75) is 6.18 Å². The van der Waals surface area contributed by atoms with Crippen LogP contribution in [0, 0.1) is 10.1 Å². The molecule has 126 valence electrons. The number of benzene rings is 2. The fourth-order valence-corrected chi connectivity index (χ4v) is 2.20. The standard InChI is InChI=1S/C14H8BrF3N2O4/c15-10-2-4-12(8(5-10)7-19-21)24-13-3-1-9(14(16,17)18)6-11(13)20(22)23/h1-7,21H/b19-7-. The molecule has 0 aromatic heterocycles. The van der Waals surface area contributed by atoms with Crippen LogP contribution in [0.2, 0.25) is 0 Å². The van der Waals surface area contributed by atoms with Crippen LogP contribution in [0.3, 0.4) is 0 Å².